The summed E-state index contributed by atoms with van der Waals surface area (Å²) in [6.45, 7) is 0. The summed E-state index contributed by atoms with van der Waals surface area (Å²) in [5.74, 6) is -0.611. The van der Waals surface area contributed by atoms with Crippen molar-refractivity contribution in [3.05, 3.63) is 92.6 Å². The number of nitrogens with one attached hydrogen (secondary N) is 1. The Morgan fingerprint density at radius 3 is 2.55 bits per heavy atom. The van der Waals surface area contributed by atoms with Crippen LogP contribution in [-0.4, -0.2) is 21.7 Å². The minimum absolute atomic E-state index is 0.0662. The van der Waals surface area contributed by atoms with Crippen molar-refractivity contribution < 1.29 is 19.2 Å². The van der Waals surface area contributed by atoms with Gasteiger partial charge in [-0.1, -0.05) is 34.1 Å². The Labute approximate surface area is 184 Å². The van der Waals surface area contributed by atoms with Crippen LogP contribution in [0.15, 0.2) is 76.9 Å². The van der Waals surface area contributed by atoms with Crippen LogP contribution in [0.1, 0.15) is 5.56 Å². The topological polar surface area (TPSA) is 115 Å². The molecule has 0 bridgehead atoms. The van der Waals surface area contributed by atoms with Gasteiger partial charge in [-0.25, -0.2) is 9.99 Å². The van der Waals surface area contributed by atoms with Crippen molar-refractivity contribution in [3.8, 4) is 11.6 Å². The van der Waals surface area contributed by atoms with Crippen LogP contribution in [-0.2, 0) is 9.59 Å². The number of hydrazine groups is 1. The van der Waals surface area contributed by atoms with Crippen molar-refractivity contribution in [2.24, 2.45) is 0 Å². The van der Waals surface area contributed by atoms with E-state index in [-0.39, 0.29) is 17.1 Å². The van der Waals surface area contributed by atoms with Crippen LogP contribution >= 0.6 is 15.9 Å². The van der Waals surface area contributed by atoms with Crippen molar-refractivity contribution in [3.63, 3.8) is 0 Å². The number of aromatic nitrogens is 1. The van der Waals surface area contributed by atoms with Gasteiger partial charge in [0, 0.05) is 22.2 Å². The molecule has 1 aromatic heterocycles. The van der Waals surface area contributed by atoms with Crippen molar-refractivity contribution >= 4 is 45.2 Å². The SMILES string of the molecule is O=C1NN(c2ccccc2)C(=O)/C1=C\c1cc(Br)ccc1Oc1ccc([N+](=O)[O-])cn1. The number of anilines is 1. The lowest BCUT2D eigenvalue weighted by Crippen LogP contribution is -2.35. The first-order valence-electron chi connectivity index (χ1n) is 8.92. The van der Waals surface area contributed by atoms with Crippen LogP contribution in [0.2, 0.25) is 0 Å². The minimum Gasteiger partial charge on any atom is -0.438 e. The Bertz CT molecular complexity index is 1210. The van der Waals surface area contributed by atoms with Gasteiger partial charge in [-0.2, -0.15) is 0 Å². The summed E-state index contributed by atoms with van der Waals surface area (Å²) in [6.07, 6.45) is 2.50. The zero-order valence-corrected chi connectivity index (χ0v) is 17.3. The maximum absolute atomic E-state index is 12.8. The molecule has 1 saturated heterocycles. The molecule has 1 aliphatic heterocycles. The molecule has 3 aromatic rings. The van der Waals surface area contributed by atoms with Crippen LogP contribution in [0.4, 0.5) is 11.4 Å². The number of nitrogens with zero attached hydrogens (tertiary/aromatic N) is 3. The number of hydrogen-bond donors (Lipinski definition) is 1. The van der Waals surface area contributed by atoms with Crippen molar-refractivity contribution in [2.75, 3.05) is 5.01 Å². The van der Waals surface area contributed by atoms with Gasteiger partial charge in [0.2, 0.25) is 5.88 Å². The maximum Gasteiger partial charge on any atom is 0.287 e. The molecular formula is C21H13BrN4O5. The number of nitro groups is 1. The number of benzene rings is 2. The van der Waals surface area contributed by atoms with E-state index in [9.17, 15) is 19.7 Å². The number of halogens is 1. The molecule has 2 amide bonds. The number of para-hydroxylation sites is 1. The molecule has 1 N–H and O–H groups in total. The highest BCUT2D eigenvalue weighted by Crippen LogP contribution is 2.31. The van der Waals surface area contributed by atoms with Crippen molar-refractivity contribution in [2.45, 2.75) is 0 Å². The van der Waals surface area contributed by atoms with Gasteiger partial charge in [-0.05, 0) is 36.4 Å². The number of carbonyl (C=O) groups excluding carboxylic acids is 2. The predicted octanol–water partition coefficient (Wildman–Crippen LogP) is 4.01. The Morgan fingerprint density at radius 2 is 1.87 bits per heavy atom. The molecule has 0 unspecified atom stereocenters. The average Bonchev–Trinajstić information content (AvgIpc) is 3.05. The zero-order chi connectivity index (χ0) is 22.0. The number of rotatable bonds is 5. The fraction of sp³-hybridized carbons (Fsp3) is 0. The highest BCUT2D eigenvalue weighted by molar-refractivity contribution is 9.10. The van der Waals surface area contributed by atoms with Crippen LogP contribution in [0.5, 0.6) is 11.6 Å². The van der Waals surface area contributed by atoms with E-state index in [1.807, 2.05) is 0 Å². The number of ether oxygens (including phenoxy) is 1. The second-order valence-corrected chi connectivity index (χ2v) is 7.29. The first-order chi connectivity index (χ1) is 14.9. The normalized spacial score (nSPS) is 14.6. The third-order valence-corrected chi connectivity index (χ3v) is 4.82. The summed E-state index contributed by atoms with van der Waals surface area (Å²) < 4.78 is 6.44. The second-order valence-electron chi connectivity index (χ2n) is 6.37. The molecule has 154 valence electrons. The van der Waals surface area contributed by atoms with Crippen LogP contribution in [0.3, 0.4) is 0 Å². The summed E-state index contributed by atoms with van der Waals surface area (Å²) in [7, 11) is 0. The number of carbonyl (C=O) groups is 2. The lowest BCUT2D eigenvalue weighted by atomic mass is 10.1. The Balaban J connectivity index is 1.66. The lowest BCUT2D eigenvalue weighted by Gasteiger charge is -2.14. The monoisotopic (exact) mass is 480 g/mol. The fourth-order valence-corrected chi connectivity index (χ4v) is 3.23. The largest absolute Gasteiger partial charge is 0.438 e. The maximum atomic E-state index is 12.8. The van der Waals surface area contributed by atoms with E-state index in [1.54, 1.807) is 48.5 Å². The van der Waals surface area contributed by atoms with Gasteiger partial charge in [-0.15, -0.1) is 0 Å². The number of amides is 2. The number of hydrogen-bond acceptors (Lipinski definition) is 6. The average molecular weight is 481 g/mol. The minimum atomic E-state index is -0.560. The van der Waals surface area contributed by atoms with Gasteiger partial charge in [0.25, 0.3) is 17.5 Å². The van der Waals surface area contributed by atoms with E-state index in [0.29, 0.717) is 21.5 Å². The van der Waals surface area contributed by atoms with Gasteiger partial charge in [-0.3, -0.25) is 25.1 Å². The standard InChI is InChI=1S/C21H13BrN4O5/c22-14-6-8-18(31-19-9-7-16(12-23-19)26(29)30)13(10-14)11-17-20(27)24-25(21(17)28)15-4-2-1-3-5-15/h1-12H,(H,24,27)/b17-11-. The highest BCUT2D eigenvalue weighted by atomic mass is 79.9. The van der Waals surface area contributed by atoms with E-state index in [4.69, 9.17) is 4.74 Å². The molecule has 10 heteroatoms. The second kappa shape index (κ2) is 8.36. The molecule has 0 saturated carbocycles. The summed E-state index contributed by atoms with van der Waals surface area (Å²) in [4.78, 5) is 39.4. The summed E-state index contributed by atoms with van der Waals surface area (Å²) in [5.41, 5.74) is 3.29. The molecule has 1 aliphatic rings. The van der Waals surface area contributed by atoms with E-state index in [1.165, 1.54) is 23.2 Å². The van der Waals surface area contributed by atoms with E-state index in [0.717, 1.165) is 6.20 Å². The molecule has 0 spiro atoms. The Morgan fingerprint density at radius 1 is 1.10 bits per heavy atom. The van der Waals surface area contributed by atoms with Gasteiger partial charge >= 0.3 is 0 Å². The highest BCUT2D eigenvalue weighted by Gasteiger charge is 2.34. The molecule has 9 nitrogen and oxygen atoms in total. The van der Waals surface area contributed by atoms with Crippen LogP contribution in [0.25, 0.3) is 6.08 Å². The molecule has 0 atom stereocenters. The van der Waals surface area contributed by atoms with Crippen molar-refractivity contribution in [1.29, 1.82) is 0 Å². The number of pyridine rings is 1. The first kappa shape index (κ1) is 20.2. The van der Waals surface area contributed by atoms with Crippen LogP contribution in [0, 0.1) is 10.1 Å². The third-order valence-electron chi connectivity index (χ3n) is 4.32. The molecule has 1 fully saturated rings. The predicted molar refractivity (Wildman–Crippen MR) is 115 cm³/mol. The van der Waals surface area contributed by atoms with Gasteiger partial charge in [0.1, 0.15) is 17.5 Å². The van der Waals surface area contributed by atoms with Crippen LogP contribution < -0.4 is 15.2 Å². The molecule has 0 radical (unpaired) electrons. The molecule has 4 rings (SSSR count). The molecule has 0 aliphatic carbocycles. The Kier molecular flexibility index (Phi) is 5.46. The third kappa shape index (κ3) is 4.28. The van der Waals surface area contributed by atoms with E-state index < -0.39 is 16.7 Å². The molecule has 2 aromatic carbocycles. The fourth-order valence-electron chi connectivity index (χ4n) is 2.85. The zero-order valence-electron chi connectivity index (χ0n) is 15.7. The van der Waals surface area contributed by atoms with Crippen molar-refractivity contribution in [1.82, 2.24) is 10.4 Å². The summed E-state index contributed by atoms with van der Waals surface area (Å²) >= 11 is 3.36. The molecule has 2 heterocycles. The lowest BCUT2D eigenvalue weighted by molar-refractivity contribution is -0.385. The smallest absolute Gasteiger partial charge is 0.287 e. The summed E-state index contributed by atoms with van der Waals surface area (Å²) in [6, 6.07) is 16.4. The summed E-state index contributed by atoms with van der Waals surface area (Å²) in [5, 5.41) is 12.0. The van der Waals surface area contributed by atoms with Gasteiger partial charge in [0.15, 0.2) is 0 Å². The Hall–Kier alpha value is -4.05. The van der Waals surface area contributed by atoms with Gasteiger partial charge in [0.05, 0.1) is 10.6 Å². The van der Waals surface area contributed by atoms with E-state index in [2.05, 4.69) is 26.3 Å². The molecular weight excluding hydrogens is 468 g/mol. The quantitative estimate of drug-likeness (QED) is 0.255. The first-order valence-corrected chi connectivity index (χ1v) is 9.72. The van der Waals surface area contributed by atoms with Gasteiger partial charge < -0.3 is 4.74 Å². The molecule has 31 heavy (non-hydrogen) atoms. The van der Waals surface area contributed by atoms with E-state index >= 15 is 0 Å².